The highest BCUT2D eigenvalue weighted by atomic mass is 16.7. The third-order valence-corrected chi connectivity index (χ3v) is 3.73. The summed E-state index contributed by atoms with van der Waals surface area (Å²) in [4.78, 5) is 0. The molecule has 3 fully saturated rings. The van der Waals surface area contributed by atoms with E-state index in [2.05, 4.69) is 5.32 Å². The van der Waals surface area contributed by atoms with Crippen LogP contribution in [0.5, 0.6) is 0 Å². The van der Waals surface area contributed by atoms with Gasteiger partial charge in [0, 0.05) is 12.8 Å². The van der Waals surface area contributed by atoms with E-state index < -0.39 is 0 Å². The van der Waals surface area contributed by atoms with E-state index >= 15 is 0 Å². The molecule has 0 aromatic carbocycles. The lowest BCUT2D eigenvalue weighted by Crippen LogP contribution is -2.33. The molecule has 3 nitrogen and oxygen atoms in total. The number of ether oxygens (including phenoxy) is 2. The number of rotatable bonds is 0. The number of hydrogen-bond donors (Lipinski definition) is 1. The maximum absolute atomic E-state index is 5.74. The van der Waals surface area contributed by atoms with E-state index in [0.717, 1.165) is 37.9 Å². The van der Waals surface area contributed by atoms with Gasteiger partial charge in [0.2, 0.25) is 0 Å². The normalized spacial score (nSPS) is 42.5. The Morgan fingerprint density at radius 2 is 1.85 bits per heavy atom. The molecule has 1 spiro atoms. The van der Waals surface area contributed by atoms with Crippen LogP contribution in [0.4, 0.5) is 0 Å². The standard InChI is InChI=1S/C10H17NO2/c1-2-11-7-9-6-10(5-8(1)9)12-3-4-13-10/h8-9,11H,1-7H2/t8-,9-/m0/s1. The van der Waals surface area contributed by atoms with Gasteiger partial charge in [-0.2, -0.15) is 0 Å². The van der Waals surface area contributed by atoms with E-state index in [9.17, 15) is 0 Å². The van der Waals surface area contributed by atoms with Gasteiger partial charge in [0.25, 0.3) is 0 Å². The van der Waals surface area contributed by atoms with E-state index in [1.807, 2.05) is 0 Å². The monoisotopic (exact) mass is 183 g/mol. The van der Waals surface area contributed by atoms with Gasteiger partial charge >= 0.3 is 0 Å². The average molecular weight is 183 g/mol. The molecule has 0 aromatic heterocycles. The van der Waals surface area contributed by atoms with Gasteiger partial charge in [-0.25, -0.2) is 0 Å². The molecule has 0 unspecified atom stereocenters. The molecule has 3 rings (SSSR count). The first-order valence-electron chi connectivity index (χ1n) is 5.37. The van der Waals surface area contributed by atoms with E-state index in [1.165, 1.54) is 19.5 Å². The lowest BCUT2D eigenvalue weighted by Gasteiger charge is -2.24. The second kappa shape index (κ2) is 2.94. The summed E-state index contributed by atoms with van der Waals surface area (Å²) in [6, 6.07) is 0. The molecule has 1 aliphatic carbocycles. The Kier molecular flexibility index (Phi) is 1.86. The van der Waals surface area contributed by atoms with Crippen molar-refractivity contribution in [2.24, 2.45) is 11.8 Å². The molecule has 3 heteroatoms. The summed E-state index contributed by atoms with van der Waals surface area (Å²) >= 11 is 0. The van der Waals surface area contributed by atoms with E-state index in [0.29, 0.717) is 0 Å². The van der Waals surface area contributed by atoms with Crippen LogP contribution in [0, 0.1) is 11.8 Å². The minimum Gasteiger partial charge on any atom is -0.348 e. The Balaban J connectivity index is 1.74. The van der Waals surface area contributed by atoms with Crippen molar-refractivity contribution in [1.29, 1.82) is 0 Å². The Labute approximate surface area is 78.8 Å². The molecule has 1 saturated carbocycles. The number of nitrogens with one attached hydrogen (secondary N) is 1. The first-order valence-corrected chi connectivity index (χ1v) is 5.37. The largest absolute Gasteiger partial charge is 0.348 e. The number of fused-ring (bicyclic) bond motifs is 1. The van der Waals surface area contributed by atoms with Crippen LogP contribution in [-0.4, -0.2) is 32.1 Å². The molecule has 2 saturated heterocycles. The van der Waals surface area contributed by atoms with Crippen LogP contribution in [0.1, 0.15) is 19.3 Å². The summed E-state index contributed by atoms with van der Waals surface area (Å²) in [5.74, 6) is 1.48. The summed E-state index contributed by atoms with van der Waals surface area (Å²) in [5.41, 5.74) is 0. The molecular weight excluding hydrogens is 166 g/mol. The average Bonchev–Trinajstić information content (AvgIpc) is 2.72. The zero-order chi connectivity index (χ0) is 8.73. The van der Waals surface area contributed by atoms with Gasteiger partial charge in [-0.1, -0.05) is 0 Å². The molecule has 2 heterocycles. The highest BCUT2D eigenvalue weighted by Gasteiger charge is 2.49. The highest BCUT2D eigenvalue weighted by Crippen LogP contribution is 2.46. The fourth-order valence-corrected chi connectivity index (χ4v) is 3.10. The van der Waals surface area contributed by atoms with Gasteiger partial charge in [-0.05, 0) is 31.3 Å². The molecule has 74 valence electrons. The molecule has 0 radical (unpaired) electrons. The van der Waals surface area contributed by atoms with Gasteiger partial charge < -0.3 is 14.8 Å². The summed E-state index contributed by atoms with van der Waals surface area (Å²) in [6.07, 6.45) is 3.56. The number of piperidine rings is 1. The van der Waals surface area contributed by atoms with Crippen LogP contribution in [0.15, 0.2) is 0 Å². The van der Waals surface area contributed by atoms with Crippen molar-refractivity contribution in [3.05, 3.63) is 0 Å². The van der Waals surface area contributed by atoms with E-state index in [4.69, 9.17) is 9.47 Å². The van der Waals surface area contributed by atoms with Crippen LogP contribution >= 0.6 is 0 Å². The molecule has 0 bridgehead atoms. The molecule has 0 amide bonds. The quantitative estimate of drug-likeness (QED) is 0.601. The van der Waals surface area contributed by atoms with Crippen molar-refractivity contribution in [3.63, 3.8) is 0 Å². The Hall–Kier alpha value is -0.120. The van der Waals surface area contributed by atoms with Gasteiger partial charge in [-0.3, -0.25) is 0 Å². The van der Waals surface area contributed by atoms with Crippen LogP contribution in [0.25, 0.3) is 0 Å². The minimum absolute atomic E-state index is 0.165. The van der Waals surface area contributed by atoms with Crippen LogP contribution in [0.3, 0.4) is 0 Å². The van der Waals surface area contributed by atoms with Gasteiger partial charge in [0.15, 0.2) is 5.79 Å². The predicted molar refractivity (Wildman–Crippen MR) is 48.3 cm³/mol. The van der Waals surface area contributed by atoms with Gasteiger partial charge in [0.1, 0.15) is 0 Å². The maximum atomic E-state index is 5.74. The third kappa shape index (κ3) is 1.30. The Morgan fingerprint density at radius 3 is 2.62 bits per heavy atom. The Bertz CT molecular complexity index is 185. The van der Waals surface area contributed by atoms with Crippen molar-refractivity contribution >= 4 is 0 Å². The highest BCUT2D eigenvalue weighted by molar-refractivity contribution is 4.94. The topological polar surface area (TPSA) is 30.5 Å². The first kappa shape index (κ1) is 8.21. The molecule has 0 aromatic rings. The predicted octanol–water partition coefficient (Wildman–Crippen LogP) is 0.749. The smallest absolute Gasteiger partial charge is 0.169 e. The minimum atomic E-state index is -0.165. The lowest BCUT2D eigenvalue weighted by molar-refractivity contribution is -0.154. The fraction of sp³-hybridized carbons (Fsp3) is 1.00. The molecule has 3 aliphatic rings. The number of hydrogen-bond acceptors (Lipinski definition) is 3. The third-order valence-electron chi connectivity index (χ3n) is 3.73. The van der Waals surface area contributed by atoms with Crippen molar-refractivity contribution in [2.75, 3.05) is 26.3 Å². The maximum Gasteiger partial charge on any atom is 0.169 e. The second-order valence-electron chi connectivity index (χ2n) is 4.53. The zero-order valence-electron chi connectivity index (χ0n) is 7.92. The van der Waals surface area contributed by atoms with Gasteiger partial charge in [-0.15, -0.1) is 0 Å². The molecule has 2 atom stereocenters. The second-order valence-corrected chi connectivity index (χ2v) is 4.53. The van der Waals surface area contributed by atoms with E-state index in [1.54, 1.807) is 0 Å². The van der Waals surface area contributed by atoms with Crippen LogP contribution in [-0.2, 0) is 9.47 Å². The SMILES string of the molecule is C1C[C@H]2CC3(C[C@H]2CN1)OCCO3. The lowest BCUT2D eigenvalue weighted by atomic mass is 9.90. The molecule has 13 heavy (non-hydrogen) atoms. The summed E-state index contributed by atoms with van der Waals surface area (Å²) < 4.78 is 11.5. The molecular formula is C10H17NO2. The Morgan fingerprint density at radius 1 is 1.08 bits per heavy atom. The summed E-state index contributed by atoms with van der Waals surface area (Å²) in [7, 11) is 0. The van der Waals surface area contributed by atoms with Crippen LogP contribution in [0.2, 0.25) is 0 Å². The molecule has 1 N–H and O–H groups in total. The van der Waals surface area contributed by atoms with Crippen molar-refractivity contribution < 1.29 is 9.47 Å². The zero-order valence-corrected chi connectivity index (χ0v) is 7.92. The molecule has 2 aliphatic heterocycles. The van der Waals surface area contributed by atoms with E-state index in [-0.39, 0.29) is 5.79 Å². The van der Waals surface area contributed by atoms with Crippen LogP contribution < -0.4 is 5.32 Å². The van der Waals surface area contributed by atoms with Crippen molar-refractivity contribution in [1.82, 2.24) is 5.32 Å². The summed E-state index contributed by atoms with van der Waals surface area (Å²) in [5, 5.41) is 3.45. The summed E-state index contributed by atoms with van der Waals surface area (Å²) in [6.45, 7) is 3.94. The van der Waals surface area contributed by atoms with Gasteiger partial charge in [0.05, 0.1) is 13.2 Å². The van der Waals surface area contributed by atoms with Crippen molar-refractivity contribution in [2.45, 2.75) is 25.0 Å². The fourth-order valence-electron chi connectivity index (χ4n) is 3.10. The first-order chi connectivity index (χ1) is 6.38. The van der Waals surface area contributed by atoms with Crippen molar-refractivity contribution in [3.8, 4) is 0 Å².